The van der Waals surface area contributed by atoms with Gasteiger partial charge in [-0.15, -0.1) is 0 Å². The molecule has 0 amide bonds. The van der Waals surface area contributed by atoms with Crippen LogP contribution < -0.4 is 10.5 Å². The molecule has 0 saturated heterocycles. The van der Waals surface area contributed by atoms with Crippen molar-refractivity contribution in [3.63, 3.8) is 0 Å². The lowest BCUT2D eigenvalue weighted by Crippen LogP contribution is -2.12. The third-order valence-electron chi connectivity index (χ3n) is 2.93. The van der Waals surface area contributed by atoms with E-state index in [2.05, 4.69) is 38.9 Å². The van der Waals surface area contributed by atoms with E-state index < -0.39 is 10.0 Å². The Kier molecular flexibility index (Phi) is 4.52. The number of aryl methyl sites for hydroxylation is 1. The molecule has 1 heterocycles. The average molecular weight is 358 g/mol. The first-order chi connectivity index (χ1) is 9.40. The van der Waals surface area contributed by atoms with Crippen molar-refractivity contribution in [1.29, 1.82) is 0 Å². The fraction of sp³-hybridized carbons (Fsp3) is 0.231. The Balaban J connectivity index is 2.10. The molecule has 0 aliphatic carbocycles. The van der Waals surface area contributed by atoms with E-state index in [1.807, 2.05) is 12.3 Å². The highest BCUT2D eigenvalue weighted by Gasteiger charge is 2.10. The van der Waals surface area contributed by atoms with Crippen molar-refractivity contribution in [3.8, 4) is 0 Å². The third kappa shape index (κ3) is 3.62. The molecule has 0 aliphatic heterocycles. The van der Waals surface area contributed by atoms with Crippen LogP contribution in [-0.4, -0.2) is 13.0 Å². The molecule has 20 heavy (non-hydrogen) atoms. The van der Waals surface area contributed by atoms with Crippen LogP contribution in [0, 0.1) is 0 Å². The summed E-state index contributed by atoms with van der Waals surface area (Å²) in [6.07, 6.45) is 4.09. The summed E-state index contributed by atoms with van der Waals surface area (Å²) in [6, 6.07) is 6.72. The molecule has 0 saturated carbocycles. The second-order valence-corrected chi connectivity index (χ2v) is 6.81. The fourth-order valence-electron chi connectivity index (χ4n) is 1.81. The highest BCUT2D eigenvalue weighted by Crippen LogP contribution is 2.25. The molecule has 2 rings (SSSR count). The van der Waals surface area contributed by atoms with Gasteiger partial charge in [0.2, 0.25) is 10.0 Å². The van der Waals surface area contributed by atoms with Gasteiger partial charge in [0.15, 0.2) is 0 Å². The maximum atomic E-state index is 11.2. The number of benzene rings is 1. The number of rotatable bonds is 5. The average Bonchev–Trinajstić information content (AvgIpc) is 2.84. The lowest BCUT2D eigenvalue weighted by Gasteiger charge is -2.09. The minimum Gasteiger partial charge on any atom is -0.380 e. The monoisotopic (exact) mass is 357 g/mol. The van der Waals surface area contributed by atoms with Crippen molar-refractivity contribution in [2.45, 2.75) is 24.9 Å². The Bertz CT molecular complexity index is 710. The SMILES string of the molecule is CCn1ccc(CNc2ccc(S(N)(=O)=O)cc2Br)c1. The number of aromatic nitrogens is 1. The Morgan fingerprint density at radius 1 is 1.35 bits per heavy atom. The molecule has 2 aromatic rings. The van der Waals surface area contributed by atoms with Crippen molar-refractivity contribution in [2.75, 3.05) is 5.32 Å². The highest BCUT2D eigenvalue weighted by atomic mass is 79.9. The Hall–Kier alpha value is -1.31. The van der Waals surface area contributed by atoms with Crippen molar-refractivity contribution >= 4 is 31.6 Å². The molecule has 0 aliphatic rings. The third-order valence-corrected chi connectivity index (χ3v) is 4.50. The van der Waals surface area contributed by atoms with Crippen LogP contribution in [0.5, 0.6) is 0 Å². The number of primary sulfonamides is 1. The van der Waals surface area contributed by atoms with Gasteiger partial charge in [0.05, 0.1) is 4.90 Å². The number of anilines is 1. The largest absolute Gasteiger partial charge is 0.380 e. The first kappa shape index (κ1) is 15.1. The van der Waals surface area contributed by atoms with Crippen LogP contribution in [0.3, 0.4) is 0 Å². The molecule has 5 nitrogen and oxygen atoms in total. The van der Waals surface area contributed by atoms with E-state index in [0.717, 1.165) is 17.8 Å². The molecule has 0 spiro atoms. The summed E-state index contributed by atoms with van der Waals surface area (Å²) in [4.78, 5) is 0.0899. The number of sulfonamides is 1. The van der Waals surface area contributed by atoms with Gasteiger partial charge >= 0.3 is 0 Å². The van der Waals surface area contributed by atoms with E-state index in [-0.39, 0.29) is 4.90 Å². The smallest absolute Gasteiger partial charge is 0.238 e. The zero-order valence-corrected chi connectivity index (χ0v) is 13.4. The second-order valence-electron chi connectivity index (χ2n) is 4.39. The molecular weight excluding hydrogens is 342 g/mol. The molecule has 3 N–H and O–H groups in total. The molecule has 0 atom stereocenters. The Morgan fingerprint density at radius 3 is 2.65 bits per heavy atom. The normalized spacial score (nSPS) is 11.6. The Morgan fingerprint density at radius 2 is 2.10 bits per heavy atom. The molecule has 7 heteroatoms. The van der Waals surface area contributed by atoms with Crippen LogP contribution in [0.4, 0.5) is 5.69 Å². The Labute approximate surface area is 127 Å². The molecule has 0 unspecified atom stereocenters. The maximum Gasteiger partial charge on any atom is 0.238 e. The summed E-state index contributed by atoms with van der Waals surface area (Å²) in [5, 5.41) is 8.34. The summed E-state index contributed by atoms with van der Waals surface area (Å²) >= 11 is 3.34. The summed E-state index contributed by atoms with van der Waals surface area (Å²) in [7, 11) is -3.67. The van der Waals surface area contributed by atoms with E-state index in [1.54, 1.807) is 6.07 Å². The van der Waals surface area contributed by atoms with Gasteiger partial charge in [-0.2, -0.15) is 0 Å². The van der Waals surface area contributed by atoms with Crippen molar-refractivity contribution in [1.82, 2.24) is 4.57 Å². The number of halogens is 1. The minimum atomic E-state index is -3.67. The number of hydrogen-bond donors (Lipinski definition) is 2. The van der Waals surface area contributed by atoms with Crippen LogP contribution in [0.2, 0.25) is 0 Å². The quantitative estimate of drug-likeness (QED) is 0.862. The van der Waals surface area contributed by atoms with Gasteiger partial charge in [-0.1, -0.05) is 0 Å². The topological polar surface area (TPSA) is 77.1 Å². The van der Waals surface area contributed by atoms with Gasteiger partial charge in [0, 0.05) is 35.6 Å². The zero-order chi connectivity index (χ0) is 14.8. The van der Waals surface area contributed by atoms with E-state index in [0.29, 0.717) is 11.0 Å². The lowest BCUT2D eigenvalue weighted by atomic mass is 10.3. The molecular formula is C13H16BrN3O2S. The predicted molar refractivity (Wildman–Crippen MR) is 82.9 cm³/mol. The van der Waals surface area contributed by atoms with E-state index in [1.165, 1.54) is 12.1 Å². The van der Waals surface area contributed by atoms with Gasteiger partial charge in [-0.25, -0.2) is 13.6 Å². The van der Waals surface area contributed by atoms with E-state index >= 15 is 0 Å². The predicted octanol–water partition coefficient (Wildman–Crippen LogP) is 2.53. The van der Waals surface area contributed by atoms with Crippen molar-refractivity contribution in [3.05, 3.63) is 46.7 Å². The lowest BCUT2D eigenvalue weighted by molar-refractivity contribution is 0.598. The molecule has 0 bridgehead atoms. The van der Waals surface area contributed by atoms with Crippen LogP contribution in [0.15, 0.2) is 46.0 Å². The molecule has 0 fully saturated rings. The van der Waals surface area contributed by atoms with Crippen molar-refractivity contribution < 1.29 is 8.42 Å². The number of nitrogens with two attached hydrogens (primary N) is 1. The standard InChI is InChI=1S/C13H16BrN3O2S/c1-2-17-6-5-10(9-17)8-16-13-4-3-11(7-12(13)14)20(15,18)19/h3-7,9,16H,2,8H2,1H3,(H2,15,18,19). The van der Waals surface area contributed by atoms with Gasteiger partial charge in [-0.3, -0.25) is 0 Å². The fourth-order valence-corrected chi connectivity index (χ4v) is 3.02. The number of hydrogen-bond acceptors (Lipinski definition) is 3. The highest BCUT2D eigenvalue weighted by molar-refractivity contribution is 9.10. The summed E-state index contributed by atoms with van der Waals surface area (Å²) in [5.41, 5.74) is 1.98. The van der Waals surface area contributed by atoms with Crippen LogP contribution in [0.25, 0.3) is 0 Å². The number of nitrogens with zero attached hydrogens (tertiary/aromatic N) is 1. The molecule has 108 valence electrons. The second kappa shape index (κ2) is 5.99. The van der Waals surface area contributed by atoms with Crippen molar-refractivity contribution in [2.24, 2.45) is 5.14 Å². The maximum absolute atomic E-state index is 11.2. The van der Waals surface area contributed by atoms with E-state index in [9.17, 15) is 8.42 Å². The van der Waals surface area contributed by atoms with Gasteiger partial charge < -0.3 is 9.88 Å². The first-order valence-corrected chi connectivity index (χ1v) is 8.45. The van der Waals surface area contributed by atoms with Crippen LogP contribution >= 0.6 is 15.9 Å². The van der Waals surface area contributed by atoms with Crippen LogP contribution in [0.1, 0.15) is 12.5 Å². The summed E-state index contributed by atoms with van der Waals surface area (Å²) in [5.74, 6) is 0. The summed E-state index contributed by atoms with van der Waals surface area (Å²) < 4.78 is 25.2. The van der Waals surface area contributed by atoms with Gasteiger partial charge in [-0.05, 0) is 52.7 Å². The first-order valence-electron chi connectivity index (χ1n) is 6.11. The molecule has 1 aromatic carbocycles. The molecule has 1 aromatic heterocycles. The minimum absolute atomic E-state index is 0.0899. The summed E-state index contributed by atoms with van der Waals surface area (Å²) in [6.45, 7) is 3.69. The van der Waals surface area contributed by atoms with E-state index in [4.69, 9.17) is 5.14 Å². The molecule has 0 radical (unpaired) electrons. The zero-order valence-electron chi connectivity index (χ0n) is 11.0. The van der Waals surface area contributed by atoms with Gasteiger partial charge in [0.25, 0.3) is 0 Å². The van der Waals surface area contributed by atoms with Crippen LogP contribution in [-0.2, 0) is 23.1 Å². The van der Waals surface area contributed by atoms with Gasteiger partial charge in [0.1, 0.15) is 0 Å². The number of nitrogens with one attached hydrogen (secondary N) is 1.